The van der Waals surface area contributed by atoms with Gasteiger partial charge in [0.2, 0.25) is 9.84 Å². The molecule has 0 saturated carbocycles. The normalized spacial score (nSPS) is 11.6. The summed E-state index contributed by atoms with van der Waals surface area (Å²) in [4.78, 5) is 25.7. The minimum absolute atomic E-state index is 0.0304. The Hall–Kier alpha value is -4.43. The quantitative estimate of drug-likeness (QED) is 0.149. The van der Waals surface area contributed by atoms with Crippen molar-refractivity contribution in [3.63, 3.8) is 0 Å². The Labute approximate surface area is 216 Å². The van der Waals surface area contributed by atoms with E-state index in [1.807, 2.05) is 35.2 Å². The molecule has 0 saturated heterocycles. The van der Waals surface area contributed by atoms with Crippen molar-refractivity contribution in [3.8, 4) is 5.75 Å². The fourth-order valence-corrected chi connectivity index (χ4v) is 4.53. The molecule has 0 radical (unpaired) electrons. The molecule has 0 fully saturated rings. The van der Waals surface area contributed by atoms with Crippen molar-refractivity contribution in [1.29, 1.82) is 0 Å². The van der Waals surface area contributed by atoms with E-state index in [-0.39, 0.29) is 17.3 Å². The third kappa shape index (κ3) is 8.33. The molecule has 0 amide bonds. The number of carbonyl (C=O) groups is 2. The molecule has 0 aliphatic rings. The van der Waals surface area contributed by atoms with Crippen molar-refractivity contribution in [2.45, 2.75) is 11.4 Å². The van der Waals surface area contributed by atoms with Crippen molar-refractivity contribution < 1.29 is 27.5 Å². The highest BCUT2D eigenvalue weighted by atomic mass is 32.2. The summed E-state index contributed by atoms with van der Waals surface area (Å²) in [5.74, 6) is -1.32. The van der Waals surface area contributed by atoms with E-state index in [1.165, 1.54) is 24.3 Å². The Balaban J connectivity index is 1.89. The maximum atomic E-state index is 13.3. The lowest BCUT2D eigenvalue weighted by Crippen LogP contribution is -2.23. The van der Waals surface area contributed by atoms with Crippen LogP contribution in [0, 0.1) is 0 Å². The Morgan fingerprint density at radius 3 is 2.08 bits per heavy atom. The standard InChI is InChI=1S/C29H27NO6S/c1-2-28(31)35-22-21-30(23-24-13-6-3-7-14-24)20-12-19-27(29(32)36-25-15-8-4-9-16-25)37(33,34)26-17-10-5-11-18-26/h2-20H,1,21-23H2/b20-12+,27-19-. The van der Waals surface area contributed by atoms with Crippen LogP contribution in [0.2, 0.25) is 0 Å². The zero-order chi connectivity index (χ0) is 26.5. The summed E-state index contributed by atoms with van der Waals surface area (Å²) in [6.07, 6.45) is 5.38. The van der Waals surface area contributed by atoms with Gasteiger partial charge in [-0.15, -0.1) is 0 Å². The number of hydrogen-bond acceptors (Lipinski definition) is 7. The molecule has 0 bridgehead atoms. The molecular weight excluding hydrogens is 490 g/mol. The molecule has 8 heteroatoms. The average molecular weight is 518 g/mol. The van der Waals surface area contributed by atoms with Gasteiger partial charge >= 0.3 is 11.9 Å². The minimum Gasteiger partial charge on any atom is -0.461 e. The van der Waals surface area contributed by atoms with Crippen molar-refractivity contribution in [1.82, 2.24) is 4.90 Å². The largest absolute Gasteiger partial charge is 0.461 e. The highest BCUT2D eigenvalue weighted by Crippen LogP contribution is 2.22. The van der Waals surface area contributed by atoms with Crippen LogP contribution in [0.1, 0.15) is 5.56 Å². The van der Waals surface area contributed by atoms with E-state index in [4.69, 9.17) is 9.47 Å². The first-order valence-electron chi connectivity index (χ1n) is 11.4. The number of allylic oxidation sites excluding steroid dienone is 2. The summed E-state index contributed by atoms with van der Waals surface area (Å²) in [7, 11) is -4.17. The fourth-order valence-electron chi connectivity index (χ4n) is 3.24. The molecule has 0 heterocycles. The number of carbonyl (C=O) groups excluding carboxylic acids is 2. The average Bonchev–Trinajstić information content (AvgIpc) is 2.92. The maximum Gasteiger partial charge on any atom is 0.355 e. The number of sulfone groups is 1. The maximum absolute atomic E-state index is 13.3. The van der Waals surface area contributed by atoms with Crippen LogP contribution in [0.15, 0.2) is 132 Å². The molecule has 0 unspecified atom stereocenters. The predicted octanol–water partition coefficient (Wildman–Crippen LogP) is 4.69. The Bertz CT molecular complexity index is 1350. The van der Waals surface area contributed by atoms with Gasteiger partial charge in [0.1, 0.15) is 12.4 Å². The minimum atomic E-state index is -4.17. The van der Waals surface area contributed by atoms with Gasteiger partial charge < -0.3 is 14.4 Å². The summed E-state index contributed by atoms with van der Waals surface area (Å²) in [5.41, 5.74) is 0.992. The number of esters is 2. The van der Waals surface area contributed by atoms with Gasteiger partial charge in [-0.1, -0.05) is 73.3 Å². The number of hydrogen-bond donors (Lipinski definition) is 0. The van der Waals surface area contributed by atoms with Gasteiger partial charge in [0, 0.05) is 12.6 Å². The lowest BCUT2D eigenvalue weighted by Gasteiger charge is -2.20. The Morgan fingerprint density at radius 1 is 0.865 bits per heavy atom. The third-order valence-electron chi connectivity index (χ3n) is 5.06. The van der Waals surface area contributed by atoms with Gasteiger partial charge in [0.25, 0.3) is 0 Å². The van der Waals surface area contributed by atoms with E-state index in [0.29, 0.717) is 13.1 Å². The number of ether oxygens (including phenoxy) is 2. The smallest absolute Gasteiger partial charge is 0.355 e. The summed E-state index contributed by atoms with van der Waals surface area (Å²) >= 11 is 0. The topological polar surface area (TPSA) is 90.0 Å². The first-order chi connectivity index (χ1) is 17.9. The number of benzene rings is 3. The number of rotatable bonds is 12. The van der Waals surface area contributed by atoms with Crippen LogP contribution >= 0.6 is 0 Å². The Morgan fingerprint density at radius 2 is 1.46 bits per heavy atom. The van der Waals surface area contributed by atoms with Crippen LogP contribution < -0.4 is 4.74 Å². The van der Waals surface area contributed by atoms with E-state index in [0.717, 1.165) is 11.6 Å². The van der Waals surface area contributed by atoms with E-state index < -0.39 is 26.7 Å². The second-order valence-corrected chi connectivity index (χ2v) is 9.64. The molecular formula is C29H27NO6S. The molecule has 37 heavy (non-hydrogen) atoms. The highest BCUT2D eigenvalue weighted by Gasteiger charge is 2.28. The predicted molar refractivity (Wildman–Crippen MR) is 141 cm³/mol. The monoisotopic (exact) mass is 517 g/mol. The van der Waals surface area contributed by atoms with Crippen LogP contribution in [0.3, 0.4) is 0 Å². The SMILES string of the molecule is C=CC(=O)OCCN(/C=C/C=C(/C(=O)Oc1ccccc1)S(=O)(=O)c1ccccc1)Cc1ccccc1. The summed E-state index contributed by atoms with van der Waals surface area (Å²) < 4.78 is 37.1. The van der Waals surface area contributed by atoms with Crippen molar-refractivity contribution in [3.05, 3.63) is 132 Å². The van der Waals surface area contributed by atoms with E-state index >= 15 is 0 Å². The second-order valence-electron chi connectivity index (χ2n) is 7.72. The van der Waals surface area contributed by atoms with Crippen molar-refractivity contribution in [2.75, 3.05) is 13.2 Å². The highest BCUT2D eigenvalue weighted by molar-refractivity contribution is 7.96. The number of nitrogens with zero attached hydrogens (tertiary/aromatic N) is 1. The summed E-state index contributed by atoms with van der Waals surface area (Å²) in [6, 6.07) is 25.5. The van der Waals surface area contributed by atoms with Crippen LogP contribution in [0.5, 0.6) is 5.75 Å². The molecule has 0 atom stereocenters. The van der Waals surface area contributed by atoms with Gasteiger partial charge in [-0.05, 0) is 48.2 Å². The van der Waals surface area contributed by atoms with Gasteiger partial charge in [-0.3, -0.25) is 0 Å². The van der Waals surface area contributed by atoms with Gasteiger partial charge in [0.15, 0.2) is 4.91 Å². The molecule has 0 aliphatic heterocycles. The fraction of sp³-hybridized carbons (Fsp3) is 0.103. The van der Waals surface area contributed by atoms with E-state index in [2.05, 4.69) is 6.58 Å². The first-order valence-corrected chi connectivity index (χ1v) is 12.9. The number of para-hydroxylation sites is 1. The zero-order valence-corrected chi connectivity index (χ0v) is 20.9. The van der Waals surface area contributed by atoms with Gasteiger partial charge in [-0.25, -0.2) is 18.0 Å². The molecule has 0 N–H and O–H groups in total. The van der Waals surface area contributed by atoms with Gasteiger partial charge in [-0.2, -0.15) is 0 Å². The molecule has 0 aliphatic carbocycles. The Kier molecular flexibility index (Phi) is 9.99. The lowest BCUT2D eigenvalue weighted by atomic mass is 10.2. The summed E-state index contributed by atoms with van der Waals surface area (Å²) in [5, 5.41) is 0. The third-order valence-corrected chi connectivity index (χ3v) is 6.83. The summed E-state index contributed by atoms with van der Waals surface area (Å²) in [6.45, 7) is 4.26. The molecule has 7 nitrogen and oxygen atoms in total. The van der Waals surface area contributed by atoms with Crippen LogP contribution in [-0.4, -0.2) is 38.4 Å². The van der Waals surface area contributed by atoms with Crippen molar-refractivity contribution >= 4 is 21.8 Å². The zero-order valence-electron chi connectivity index (χ0n) is 20.1. The van der Waals surface area contributed by atoms with Crippen LogP contribution in [0.4, 0.5) is 0 Å². The molecule has 0 spiro atoms. The van der Waals surface area contributed by atoms with E-state index in [1.54, 1.807) is 54.7 Å². The van der Waals surface area contributed by atoms with E-state index in [9.17, 15) is 18.0 Å². The van der Waals surface area contributed by atoms with Crippen LogP contribution in [0.25, 0.3) is 0 Å². The lowest BCUT2D eigenvalue weighted by molar-refractivity contribution is -0.138. The van der Waals surface area contributed by atoms with Crippen LogP contribution in [-0.2, 0) is 30.7 Å². The molecule has 3 aromatic rings. The first kappa shape index (κ1) is 27.2. The molecule has 3 aromatic carbocycles. The molecule has 3 rings (SSSR count). The van der Waals surface area contributed by atoms with Crippen molar-refractivity contribution in [2.24, 2.45) is 0 Å². The molecule has 0 aromatic heterocycles. The van der Waals surface area contributed by atoms with Gasteiger partial charge in [0.05, 0.1) is 11.4 Å². The molecule has 190 valence electrons. The second kappa shape index (κ2) is 13.6.